The van der Waals surface area contributed by atoms with Crippen molar-refractivity contribution in [1.29, 1.82) is 0 Å². The average Bonchev–Trinajstić information content (AvgIpc) is 3.33. The number of hydrogen-bond acceptors (Lipinski definition) is 6. The van der Waals surface area contributed by atoms with Crippen molar-refractivity contribution in [2.75, 3.05) is 32.9 Å². The summed E-state index contributed by atoms with van der Waals surface area (Å²) in [6.45, 7) is 0.659. The van der Waals surface area contributed by atoms with Gasteiger partial charge in [-0.15, -0.1) is 0 Å². The van der Waals surface area contributed by atoms with E-state index in [4.69, 9.17) is 18.9 Å². The Hall–Kier alpha value is -2.74. The van der Waals surface area contributed by atoms with Gasteiger partial charge in [0.1, 0.15) is 0 Å². The summed E-state index contributed by atoms with van der Waals surface area (Å²) in [4.78, 5) is 28.9. The first-order valence-electron chi connectivity index (χ1n) is 9.69. The van der Waals surface area contributed by atoms with Gasteiger partial charge in [0.25, 0.3) is 5.91 Å². The van der Waals surface area contributed by atoms with Crippen molar-refractivity contribution in [2.45, 2.75) is 18.4 Å². The molecule has 2 aromatic rings. The van der Waals surface area contributed by atoms with E-state index in [1.165, 1.54) is 7.11 Å². The summed E-state index contributed by atoms with van der Waals surface area (Å²) < 4.78 is 21.9. The summed E-state index contributed by atoms with van der Waals surface area (Å²) in [5, 5.41) is 0.759. The van der Waals surface area contributed by atoms with E-state index < -0.39 is 5.92 Å². The average molecular weight is 474 g/mol. The highest BCUT2D eigenvalue weighted by Crippen LogP contribution is 2.54. The zero-order valence-corrected chi connectivity index (χ0v) is 18.2. The Balaban J connectivity index is 1.72. The molecule has 156 valence electrons. The first kappa shape index (κ1) is 19.2. The lowest BCUT2D eigenvalue weighted by Crippen LogP contribution is -2.42. The number of Topliss-reactive ketones (excluding diaryl/α,β-unsaturated/α-hetero) is 1. The molecule has 0 bridgehead atoms. The molecule has 0 N–H and O–H groups in total. The van der Waals surface area contributed by atoms with Crippen LogP contribution >= 0.6 is 15.9 Å². The van der Waals surface area contributed by atoms with Crippen molar-refractivity contribution in [2.24, 2.45) is 0 Å². The molecule has 2 aliphatic heterocycles. The first-order valence-corrected chi connectivity index (χ1v) is 10.8. The third-order valence-electron chi connectivity index (χ3n) is 5.98. The number of benzene rings is 2. The molecule has 0 unspecified atom stereocenters. The number of ether oxygens (including phenoxy) is 4. The molecule has 8 heteroatoms. The van der Waals surface area contributed by atoms with Gasteiger partial charge in [-0.25, -0.2) is 0 Å². The second-order valence-electron chi connectivity index (χ2n) is 7.42. The van der Waals surface area contributed by atoms with Crippen molar-refractivity contribution < 1.29 is 28.5 Å². The van der Waals surface area contributed by atoms with E-state index in [2.05, 4.69) is 15.9 Å². The predicted octanol–water partition coefficient (Wildman–Crippen LogP) is 3.69. The van der Waals surface area contributed by atoms with Crippen molar-refractivity contribution in [3.05, 3.63) is 46.5 Å². The number of carbonyl (C=O) groups excluding carboxylic acids is 2. The lowest BCUT2D eigenvalue weighted by atomic mass is 9.82. The molecule has 0 saturated heterocycles. The number of rotatable bonds is 5. The standard InChI is InChI=1S/C22H20BrNO6/c1-27-15-6-11-14(9-16(15)28-2)22(26)24(5-3-4-23)20-12-7-17-18(30-10-29-17)8-13(12)21(25)19(11)20/h6-9,19-20H,3-5,10H2,1-2H3/t19-,20-/m1/s1. The Kier molecular flexibility index (Phi) is 4.61. The Bertz CT molecular complexity index is 1070. The Morgan fingerprint density at radius 2 is 1.70 bits per heavy atom. The SMILES string of the molecule is COc1cc2c(cc1OC)[C@H]1C(=O)c3cc4c(cc3[C@H]1N(CCCBr)C2=O)OCO4. The number of halogens is 1. The molecule has 0 saturated carbocycles. The zero-order chi connectivity index (χ0) is 21.0. The molecule has 2 atom stereocenters. The van der Waals surface area contributed by atoms with Crippen LogP contribution in [0.25, 0.3) is 0 Å². The molecule has 0 radical (unpaired) electrons. The minimum absolute atomic E-state index is 0.0295. The van der Waals surface area contributed by atoms with Crippen LogP contribution < -0.4 is 18.9 Å². The van der Waals surface area contributed by atoms with E-state index in [0.29, 0.717) is 46.2 Å². The van der Waals surface area contributed by atoms with E-state index in [1.807, 2.05) is 6.07 Å². The topological polar surface area (TPSA) is 74.3 Å². The molecule has 5 rings (SSSR count). The van der Waals surface area contributed by atoms with Crippen molar-refractivity contribution >= 4 is 27.6 Å². The molecule has 0 aromatic heterocycles. The maximum Gasteiger partial charge on any atom is 0.254 e. The molecule has 1 amide bonds. The zero-order valence-electron chi connectivity index (χ0n) is 16.6. The molecule has 2 heterocycles. The van der Waals surface area contributed by atoms with Crippen LogP contribution in [-0.2, 0) is 0 Å². The van der Waals surface area contributed by atoms with Crippen LogP contribution in [0.1, 0.15) is 50.2 Å². The van der Waals surface area contributed by atoms with Crippen LogP contribution in [0.4, 0.5) is 0 Å². The number of alkyl halides is 1. The molecular formula is C22H20BrNO6. The van der Waals surface area contributed by atoms with Gasteiger partial charge in [-0.2, -0.15) is 0 Å². The first-order chi connectivity index (χ1) is 14.6. The van der Waals surface area contributed by atoms with E-state index >= 15 is 0 Å². The Morgan fingerprint density at radius 1 is 1.00 bits per heavy atom. The van der Waals surface area contributed by atoms with Crippen LogP contribution in [0, 0.1) is 0 Å². The number of nitrogens with zero attached hydrogens (tertiary/aromatic N) is 1. The van der Waals surface area contributed by atoms with Gasteiger partial charge in [0.15, 0.2) is 28.8 Å². The van der Waals surface area contributed by atoms with Crippen LogP contribution in [0.5, 0.6) is 23.0 Å². The number of carbonyl (C=O) groups is 2. The fourth-order valence-corrected chi connectivity index (χ4v) is 4.91. The van der Waals surface area contributed by atoms with E-state index in [0.717, 1.165) is 17.3 Å². The van der Waals surface area contributed by atoms with Gasteiger partial charge < -0.3 is 23.8 Å². The second-order valence-corrected chi connectivity index (χ2v) is 8.21. The van der Waals surface area contributed by atoms with Crippen LogP contribution in [0.3, 0.4) is 0 Å². The molecule has 2 aromatic carbocycles. The quantitative estimate of drug-likeness (QED) is 0.616. The smallest absolute Gasteiger partial charge is 0.254 e. The summed E-state index contributed by atoms with van der Waals surface area (Å²) in [6, 6.07) is 6.64. The summed E-state index contributed by atoms with van der Waals surface area (Å²) in [5.41, 5.74) is 2.52. The lowest BCUT2D eigenvalue weighted by molar-refractivity contribution is 0.0607. The van der Waals surface area contributed by atoms with Gasteiger partial charge >= 0.3 is 0 Å². The highest BCUT2D eigenvalue weighted by molar-refractivity contribution is 9.09. The third-order valence-corrected chi connectivity index (χ3v) is 6.54. The minimum Gasteiger partial charge on any atom is -0.493 e. The fourth-order valence-electron chi connectivity index (χ4n) is 4.65. The summed E-state index contributed by atoms with van der Waals surface area (Å²) >= 11 is 3.45. The molecule has 30 heavy (non-hydrogen) atoms. The molecule has 1 aliphatic carbocycles. The summed E-state index contributed by atoms with van der Waals surface area (Å²) in [7, 11) is 3.07. The molecule has 3 aliphatic rings. The summed E-state index contributed by atoms with van der Waals surface area (Å²) in [6.07, 6.45) is 0.770. The largest absolute Gasteiger partial charge is 0.493 e. The number of methoxy groups -OCH3 is 2. The van der Waals surface area contributed by atoms with Gasteiger partial charge in [0.2, 0.25) is 6.79 Å². The van der Waals surface area contributed by atoms with E-state index in [-0.39, 0.29) is 24.5 Å². The fraction of sp³-hybridized carbons (Fsp3) is 0.364. The van der Waals surface area contributed by atoms with Gasteiger partial charge in [0, 0.05) is 23.0 Å². The van der Waals surface area contributed by atoms with Crippen LogP contribution in [0.2, 0.25) is 0 Å². The number of hydrogen-bond donors (Lipinski definition) is 0. The van der Waals surface area contributed by atoms with Gasteiger partial charge in [-0.1, -0.05) is 15.9 Å². The predicted molar refractivity (Wildman–Crippen MR) is 111 cm³/mol. The van der Waals surface area contributed by atoms with Crippen LogP contribution in [-0.4, -0.2) is 49.5 Å². The van der Waals surface area contributed by atoms with E-state index in [9.17, 15) is 9.59 Å². The number of ketones is 1. The monoisotopic (exact) mass is 473 g/mol. The maximum absolute atomic E-state index is 13.6. The third kappa shape index (κ3) is 2.62. The van der Waals surface area contributed by atoms with Crippen LogP contribution in [0.15, 0.2) is 24.3 Å². The van der Waals surface area contributed by atoms with Crippen molar-refractivity contribution in [3.8, 4) is 23.0 Å². The molecular weight excluding hydrogens is 454 g/mol. The number of fused-ring (bicyclic) bond motifs is 6. The lowest BCUT2D eigenvalue weighted by Gasteiger charge is -2.38. The van der Waals surface area contributed by atoms with E-state index in [1.54, 1.807) is 30.2 Å². The van der Waals surface area contributed by atoms with Crippen molar-refractivity contribution in [1.82, 2.24) is 4.90 Å². The normalized spacial score (nSPS) is 20.7. The van der Waals surface area contributed by atoms with Gasteiger partial charge in [0.05, 0.1) is 26.2 Å². The highest BCUT2D eigenvalue weighted by atomic mass is 79.9. The maximum atomic E-state index is 13.6. The Morgan fingerprint density at radius 3 is 2.40 bits per heavy atom. The van der Waals surface area contributed by atoms with Gasteiger partial charge in [-0.05, 0) is 41.8 Å². The highest BCUT2D eigenvalue weighted by Gasteiger charge is 2.51. The summed E-state index contributed by atoms with van der Waals surface area (Å²) in [5.74, 6) is 1.47. The minimum atomic E-state index is -0.509. The Labute approximate surface area is 182 Å². The second kappa shape index (κ2) is 7.19. The molecule has 7 nitrogen and oxygen atoms in total. The molecule has 0 fully saturated rings. The van der Waals surface area contributed by atoms with Crippen molar-refractivity contribution in [3.63, 3.8) is 0 Å². The molecule has 0 spiro atoms. The van der Waals surface area contributed by atoms with Gasteiger partial charge in [-0.3, -0.25) is 9.59 Å². The number of amides is 1.